The highest BCUT2D eigenvalue weighted by molar-refractivity contribution is 5.84. The van der Waals surface area contributed by atoms with Crippen molar-refractivity contribution >= 4 is 6.29 Å². The topological polar surface area (TPSA) is 55.8 Å². The second-order valence-corrected chi connectivity index (χ2v) is 2.84. The van der Waals surface area contributed by atoms with Gasteiger partial charge >= 0.3 is 0 Å². The zero-order chi connectivity index (χ0) is 11.3. The van der Waals surface area contributed by atoms with E-state index in [0.29, 0.717) is 31.0 Å². The minimum Gasteiger partial charge on any atom is -0.507 e. The number of aromatic hydroxyl groups is 1. The van der Waals surface area contributed by atoms with E-state index in [-0.39, 0.29) is 11.3 Å². The van der Waals surface area contributed by atoms with Gasteiger partial charge in [-0.1, -0.05) is 0 Å². The minimum atomic E-state index is -0.126. The fourth-order valence-electron chi connectivity index (χ4n) is 1.23. The number of phenolic OH excluding ortho intramolecular Hbond substituents is 1. The summed E-state index contributed by atoms with van der Waals surface area (Å²) < 4.78 is 10.4. The van der Waals surface area contributed by atoms with Crippen molar-refractivity contribution in [3.63, 3.8) is 0 Å². The Bertz CT molecular complexity index is 347. The van der Waals surface area contributed by atoms with Crippen LogP contribution in [-0.4, -0.2) is 24.6 Å². The van der Waals surface area contributed by atoms with E-state index in [9.17, 15) is 9.90 Å². The Morgan fingerprint density at radius 3 is 2.47 bits per heavy atom. The van der Waals surface area contributed by atoms with Crippen LogP contribution < -0.4 is 9.47 Å². The van der Waals surface area contributed by atoms with Gasteiger partial charge in [0.05, 0.1) is 18.8 Å². The van der Waals surface area contributed by atoms with Crippen LogP contribution >= 0.6 is 0 Å². The van der Waals surface area contributed by atoms with Crippen molar-refractivity contribution in [2.75, 3.05) is 13.2 Å². The van der Waals surface area contributed by atoms with Crippen LogP contribution in [0.5, 0.6) is 17.2 Å². The molecule has 1 aromatic carbocycles. The molecule has 0 aliphatic heterocycles. The van der Waals surface area contributed by atoms with Crippen molar-refractivity contribution in [2.24, 2.45) is 0 Å². The molecule has 0 radical (unpaired) electrons. The average molecular weight is 210 g/mol. The Kier molecular flexibility index (Phi) is 3.97. The van der Waals surface area contributed by atoms with E-state index in [2.05, 4.69) is 0 Å². The molecule has 0 aromatic heterocycles. The highest BCUT2D eigenvalue weighted by Gasteiger charge is 2.11. The number of hydrogen-bond donors (Lipinski definition) is 1. The van der Waals surface area contributed by atoms with Crippen LogP contribution in [0.4, 0.5) is 0 Å². The molecule has 0 atom stereocenters. The summed E-state index contributed by atoms with van der Waals surface area (Å²) in [6.45, 7) is 4.56. The molecular formula is C11H14O4. The van der Waals surface area contributed by atoms with Gasteiger partial charge in [0.25, 0.3) is 0 Å². The van der Waals surface area contributed by atoms with E-state index in [4.69, 9.17) is 9.47 Å². The number of carbonyl (C=O) groups excluding carboxylic acids is 1. The molecule has 1 aromatic rings. The van der Waals surface area contributed by atoms with Gasteiger partial charge in [0.15, 0.2) is 6.29 Å². The van der Waals surface area contributed by atoms with Crippen LogP contribution in [0.3, 0.4) is 0 Å². The number of carbonyl (C=O) groups is 1. The zero-order valence-electron chi connectivity index (χ0n) is 8.82. The molecule has 0 saturated carbocycles. The summed E-state index contributed by atoms with van der Waals surface area (Å²) in [6.07, 6.45) is 0.566. The van der Waals surface area contributed by atoms with Crippen molar-refractivity contribution in [3.8, 4) is 17.2 Å². The lowest BCUT2D eigenvalue weighted by molar-refractivity contribution is 0.111. The Morgan fingerprint density at radius 1 is 1.27 bits per heavy atom. The smallest absolute Gasteiger partial charge is 0.157 e. The minimum absolute atomic E-state index is 0.126. The first-order chi connectivity index (χ1) is 7.22. The first-order valence-electron chi connectivity index (χ1n) is 4.80. The molecule has 0 saturated heterocycles. The molecule has 4 heteroatoms. The summed E-state index contributed by atoms with van der Waals surface area (Å²) in [5, 5.41) is 9.53. The number of phenols is 1. The molecule has 0 heterocycles. The Morgan fingerprint density at radius 2 is 1.93 bits per heavy atom. The fraction of sp³-hybridized carbons (Fsp3) is 0.364. The lowest BCUT2D eigenvalue weighted by Gasteiger charge is -2.10. The maximum absolute atomic E-state index is 10.7. The Balaban J connectivity index is 3.12. The third kappa shape index (κ3) is 2.62. The average Bonchev–Trinajstić information content (AvgIpc) is 2.18. The van der Waals surface area contributed by atoms with Crippen LogP contribution in [-0.2, 0) is 0 Å². The van der Waals surface area contributed by atoms with Crippen molar-refractivity contribution in [3.05, 3.63) is 17.7 Å². The van der Waals surface area contributed by atoms with Gasteiger partial charge in [-0.25, -0.2) is 0 Å². The van der Waals surface area contributed by atoms with Crippen molar-refractivity contribution < 1.29 is 19.4 Å². The van der Waals surface area contributed by atoms with Crippen LogP contribution in [0.15, 0.2) is 12.1 Å². The van der Waals surface area contributed by atoms with Crippen molar-refractivity contribution in [1.29, 1.82) is 0 Å². The summed E-state index contributed by atoms with van der Waals surface area (Å²) >= 11 is 0. The number of aldehydes is 1. The summed E-state index contributed by atoms with van der Waals surface area (Å²) in [7, 11) is 0. The molecule has 0 unspecified atom stereocenters. The summed E-state index contributed by atoms with van der Waals surface area (Å²) in [6, 6.07) is 2.99. The molecule has 0 bridgehead atoms. The maximum Gasteiger partial charge on any atom is 0.157 e. The predicted octanol–water partition coefficient (Wildman–Crippen LogP) is 2.00. The third-order valence-corrected chi connectivity index (χ3v) is 1.82. The molecule has 0 spiro atoms. The van der Waals surface area contributed by atoms with Gasteiger partial charge in [-0.2, -0.15) is 0 Å². The zero-order valence-corrected chi connectivity index (χ0v) is 8.82. The SMILES string of the molecule is CCOc1cc(O)c(C=O)c(OCC)c1. The van der Waals surface area contributed by atoms with E-state index in [1.807, 2.05) is 6.92 Å². The second kappa shape index (κ2) is 5.24. The lowest BCUT2D eigenvalue weighted by Crippen LogP contribution is -1.98. The maximum atomic E-state index is 10.7. The molecule has 4 nitrogen and oxygen atoms in total. The van der Waals surface area contributed by atoms with Crippen LogP contribution in [0.25, 0.3) is 0 Å². The summed E-state index contributed by atoms with van der Waals surface area (Å²) in [5.74, 6) is 0.708. The number of rotatable bonds is 5. The fourth-order valence-corrected chi connectivity index (χ4v) is 1.23. The van der Waals surface area contributed by atoms with E-state index < -0.39 is 0 Å². The number of ether oxygens (including phenoxy) is 2. The van der Waals surface area contributed by atoms with Crippen LogP contribution in [0.1, 0.15) is 24.2 Å². The van der Waals surface area contributed by atoms with Gasteiger partial charge in [-0.05, 0) is 13.8 Å². The quantitative estimate of drug-likeness (QED) is 0.755. The largest absolute Gasteiger partial charge is 0.507 e. The number of benzene rings is 1. The van der Waals surface area contributed by atoms with E-state index in [1.165, 1.54) is 6.07 Å². The molecule has 1 rings (SSSR count). The molecule has 0 fully saturated rings. The standard InChI is InChI=1S/C11H14O4/c1-3-14-8-5-10(13)9(7-12)11(6-8)15-4-2/h5-7,13H,3-4H2,1-2H3. The molecule has 1 N–H and O–H groups in total. The monoisotopic (exact) mass is 210 g/mol. The van der Waals surface area contributed by atoms with Crippen molar-refractivity contribution in [2.45, 2.75) is 13.8 Å². The van der Waals surface area contributed by atoms with E-state index >= 15 is 0 Å². The number of hydrogen-bond acceptors (Lipinski definition) is 4. The van der Waals surface area contributed by atoms with Gasteiger partial charge in [0.2, 0.25) is 0 Å². The Hall–Kier alpha value is -1.71. The molecule has 0 aliphatic carbocycles. The Labute approximate surface area is 88.4 Å². The molecule has 15 heavy (non-hydrogen) atoms. The van der Waals surface area contributed by atoms with Gasteiger partial charge < -0.3 is 14.6 Å². The lowest BCUT2D eigenvalue weighted by atomic mass is 10.2. The normalized spacial score (nSPS) is 9.73. The van der Waals surface area contributed by atoms with Gasteiger partial charge in [-0.15, -0.1) is 0 Å². The highest BCUT2D eigenvalue weighted by Crippen LogP contribution is 2.32. The van der Waals surface area contributed by atoms with E-state index in [0.717, 1.165) is 0 Å². The molecule has 82 valence electrons. The van der Waals surface area contributed by atoms with Gasteiger partial charge in [0.1, 0.15) is 17.2 Å². The summed E-state index contributed by atoms with van der Waals surface area (Å²) in [4.78, 5) is 10.7. The molecular weight excluding hydrogens is 196 g/mol. The third-order valence-electron chi connectivity index (χ3n) is 1.82. The highest BCUT2D eigenvalue weighted by atomic mass is 16.5. The summed E-state index contributed by atoms with van der Waals surface area (Å²) in [5.41, 5.74) is 0.153. The molecule has 0 amide bonds. The predicted molar refractivity (Wildman–Crippen MR) is 55.8 cm³/mol. The van der Waals surface area contributed by atoms with Gasteiger partial charge in [-0.3, -0.25) is 4.79 Å². The van der Waals surface area contributed by atoms with E-state index in [1.54, 1.807) is 13.0 Å². The van der Waals surface area contributed by atoms with Crippen LogP contribution in [0, 0.1) is 0 Å². The van der Waals surface area contributed by atoms with Crippen LogP contribution in [0.2, 0.25) is 0 Å². The van der Waals surface area contributed by atoms with Crippen molar-refractivity contribution in [1.82, 2.24) is 0 Å². The first-order valence-corrected chi connectivity index (χ1v) is 4.80. The molecule has 0 aliphatic rings. The first kappa shape index (κ1) is 11.4. The van der Waals surface area contributed by atoms with Gasteiger partial charge in [0, 0.05) is 12.1 Å². The second-order valence-electron chi connectivity index (χ2n) is 2.84.